The molecule has 106 valence electrons. The Bertz CT molecular complexity index is 440. The molecule has 0 aromatic heterocycles. The van der Waals surface area contributed by atoms with Crippen molar-refractivity contribution in [1.29, 1.82) is 0 Å². The number of halogens is 1. The first-order valence-corrected chi connectivity index (χ1v) is 7.30. The highest BCUT2D eigenvalue weighted by molar-refractivity contribution is 9.10. The van der Waals surface area contributed by atoms with E-state index in [1.807, 2.05) is 12.1 Å². The van der Waals surface area contributed by atoms with Crippen LogP contribution < -0.4 is 15.2 Å². The molecule has 2 N–H and O–H groups in total. The van der Waals surface area contributed by atoms with E-state index in [2.05, 4.69) is 20.8 Å². The molecule has 1 aliphatic rings. The SMILES string of the molecule is COc1cc(Br)c(CN2CCC(CN)C2)cc1OC. The van der Waals surface area contributed by atoms with Crippen LogP contribution in [0.2, 0.25) is 0 Å². The number of hydrogen-bond acceptors (Lipinski definition) is 4. The Morgan fingerprint density at radius 2 is 2.00 bits per heavy atom. The zero-order valence-electron chi connectivity index (χ0n) is 11.5. The lowest BCUT2D eigenvalue weighted by Crippen LogP contribution is -2.23. The molecular formula is C14H21BrN2O2. The Morgan fingerprint density at radius 1 is 1.32 bits per heavy atom. The highest BCUT2D eigenvalue weighted by Gasteiger charge is 2.22. The normalized spacial score (nSPS) is 19.7. The third kappa shape index (κ3) is 3.41. The van der Waals surface area contributed by atoms with Gasteiger partial charge in [0.1, 0.15) is 0 Å². The molecule has 0 radical (unpaired) electrons. The number of nitrogens with two attached hydrogens (primary N) is 1. The van der Waals surface area contributed by atoms with Crippen molar-refractivity contribution < 1.29 is 9.47 Å². The molecular weight excluding hydrogens is 308 g/mol. The molecule has 1 aromatic carbocycles. The number of likely N-dealkylation sites (tertiary alicyclic amines) is 1. The van der Waals surface area contributed by atoms with Crippen LogP contribution in [0.1, 0.15) is 12.0 Å². The first-order valence-electron chi connectivity index (χ1n) is 6.50. The van der Waals surface area contributed by atoms with E-state index in [1.54, 1.807) is 14.2 Å². The van der Waals surface area contributed by atoms with Crippen molar-refractivity contribution in [2.24, 2.45) is 11.7 Å². The maximum atomic E-state index is 5.73. The van der Waals surface area contributed by atoms with Gasteiger partial charge in [0.25, 0.3) is 0 Å². The van der Waals surface area contributed by atoms with Gasteiger partial charge in [0.2, 0.25) is 0 Å². The quantitative estimate of drug-likeness (QED) is 0.900. The Labute approximate surface area is 123 Å². The molecule has 0 saturated carbocycles. The Morgan fingerprint density at radius 3 is 2.58 bits per heavy atom. The molecule has 19 heavy (non-hydrogen) atoms. The second-order valence-electron chi connectivity index (χ2n) is 4.92. The average molecular weight is 329 g/mol. The summed E-state index contributed by atoms with van der Waals surface area (Å²) in [5, 5.41) is 0. The molecule has 1 aromatic rings. The summed E-state index contributed by atoms with van der Waals surface area (Å²) in [7, 11) is 3.31. The number of hydrogen-bond donors (Lipinski definition) is 1. The molecule has 0 bridgehead atoms. The van der Waals surface area contributed by atoms with Crippen LogP contribution in [0.3, 0.4) is 0 Å². The zero-order valence-corrected chi connectivity index (χ0v) is 13.1. The fraction of sp³-hybridized carbons (Fsp3) is 0.571. The van der Waals surface area contributed by atoms with Crippen LogP contribution in [0.25, 0.3) is 0 Å². The minimum atomic E-state index is 0.638. The van der Waals surface area contributed by atoms with Gasteiger partial charge in [-0.05, 0) is 43.1 Å². The van der Waals surface area contributed by atoms with E-state index in [4.69, 9.17) is 15.2 Å². The van der Waals surface area contributed by atoms with Crippen LogP contribution in [0.4, 0.5) is 0 Å². The van der Waals surface area contributed by atoms with Crippen molar-refractivity contribution in [2.75, 3.05) is 33.9 Å². The van der Waals surface area contributed by atoms with Gasteiger partial charge in [-0.15, -0.1) is 0 Å². The number of methoxy groups -OCH3 is 2. The Hall–Kier alpha value is -0.780. The molecule has 1 atom stereocenters. The van der Waals surface area contributed by atoms with Crippen LogP contribution in [-0.2, 0) is 6.54 Å². The Balaban J connectivity index is 2.12. The van der Waals surface area contributed by atoms with Gasteiger partial charge < -0.3 is 15.2 Å². The fourth-order valence-corrected chi connectivity index (χ4v) is 2.95. The van der Waals surface area contributed by atoms with Crippen LogP contribution in [0.5, 0.6) is 11.5 Å². The summed E-state index contributed by atoms with van der Waals surface area (Å²) >= 11 is 3.60. The van der Waals surface area contributed by atoms with Gasteiger partial charge in [-0.2, -0.15) is 0 Å². The number of benzene rings is 1. The fourth-order valence-electron chi connectivity index (χ4n) is 2.51. The van der Waals surface area contributed by atoms with Gasteiger partial charge in [0.15, 0.2) is 11.5 Å². The van der Waals surface area contributed by atoms with Crippen molar-refractivity contribution in [1.82, 2.24) is 4.90 Å². The van der Waals surface area contributed by atoms with Crippen molar-refractivity contribution in [3.63, 3.8) is 0 Å². The lowest BCUT2D eigenvalue weighted by molar-refractivity contribution is 0.314. The Kier molecular flexibility index (Phi) is 5.07. The van der Waals surface area contributed by atoms with Gasteiger partial charge in [0, 0.05) is 17.6 Å². The molecule has 1 unspecified atom stereocenters. The largest absolute Gasteiger partial charge is 0.493 e. The van der Waals surface area contributed by atoms with Crippen LogP contribution in [-0.4, -0.2) is 38.8 Å². The van der Waals surface area contributed by atoms with Crippen LogP contribution >= 0.6 is 15.9 Å². The van der Waals surface area contributed by atoms with Crippen molar-refractivity contribution in [2.45, 2.75) is 13.0 Å². The predicted octanol–water partition coefficient (Wildman–Crippen LogP) is 2.25. The van der Waals surface area contributed by atoms with E-state index in [9.17, 15) is 0 Å². The first-order chi connectivity index (χ1) is 9.17. The van der Waals surface area contributed by atoms with E-state index in [0.29, 0.717) is 5.92 Å². The van der Waals surface area contributed by atoms with Gasteiger partial charge >= 0.3 is 0 Å². The minimum absolute atomic E-state index is 0.638. The van der Waals surface area contributed by atoms with Gasteiger partial charge in [-0.25, -0.2) is 0 Å². The highest BCUT2D eigenvalue weighted by atomic mass is 79.9. The van der Waals surface area contributed by atoms with E-state index in [0.717, 1.165) is 42.2 Å². The molecule has 1 saturated heterocycles. The molecule has 1 fully saturated rings. The topological polar surface area (TPSA) is 47.7 Å². The van der Waals surface area contributed by atoms with E-state index in [1.165, 1.54) is 12.0 Å². The summed E-state index contributed by atoms with van der Waals surface area (Å²) in [6, 6.07) is 4.00. The second-order valence-corrected chi connectivity index (χ2v) is 5.78. The van der Waals surface area contributed by atoms with Crippen molar-refractivity contribution >= 4 is 15.9 Å². The van der Waals surface area contributed by atoms with E-state index in [-0.39, 0.29) is 0 Å². The molecule has 5 heteroatoms. The molecule has 4 nitrogen and oxygen atoms in total. The summed E-state index contributed by atoms with van der Waals surface area (Å²) in [4.78, 5) is 2.43. The number of ether oxygens (including phenoxy) is 2. The molecule has 1 aliphatic heterocycles. The summed E-state index contributed by atoms with van der Waals surface area (Å²) < 4.78 is 11.7. The predicted molar refractivity (Wildman–Crippen MR) is 79.7 cm³/mol. The highest BCUT2D eigenvalue weighted by Crippen LogP contribution is 2.34. The molecule has 1 heterocycles. The third-order valence-electron chi connectivity index (χ3n) is 3.65. The van der Waals surface area contributed by atoms with Crippen molar-refractivity contribution in [3.05, 3.63) is 22.2 Å². The molecule has 0 amide bonds. The van der Waals surface area contributed by atoms with Gasteiger partial charge in [-0.1, -0.05) is 15.9 Å². The molecule has 2 rings (SSSR count). The van der Waals surface area contributed by atoms with Crippen LogP contribution in [0.15, 0.2) is 16.6 Å². The second kappa shape index (κ2) is 6.59. The van der Waals surface area contributed by atoms with Crippen molar-refractivity contribution in [3.8, 4) is 11.5 Å². The molecule has 0 spiro atoms. The third-order valence-corrected chi connectivity index (χ3v) is 4.39. The summed E-state index contributed by atoms with van der Waals surface area (Å²) in [5.74, 6) is 2.16. The summed E-state index contributed by atoms with van der Waals surface area (Å²) in [6.07, 6.45) is 1.20. The van der Waals surface area contributed by atoms with E-state index < -0.39 is 0 Å². The van der Waals surface area contributed by atoms with Crippen LogP contribution in [0, 0.1) is 5.92 Å². The summed E-state index contributed by atoms with van der Waals surface area (Å²) in [5.41, 5.74) is 6.95. The maximum Gasteiger partial charge on any atom is 0.161 e. The lowest BCUT2D eigenvalue weighted by Gasteiger charge is -2.18. The summed E-state index contributed by atoms with van der Waals surface area (Å²) in [6.45, 7) is 3.89. The number of nitrogens with zero attached hydrogens (tertiary/aromatic N) is 1. The minimum Gasteiger partial charge on any atom is -0.493 e. The molecule has 0 aliphatic carbocycles. The lowest BCUT2D eigenvalue weighted by atomic mass is 10.1. The maximum absolute atomic E-state index is 5.73. The monoisotopic (exact) mass is 328 g/mol. The zero-order chi connectivity index (χ0) is 13.8. The average Bonchev–Trinajstić information content (AvgIpc) is 2.88. The number of rotatable bonds is 5. The van der Waals surface area contributed by atoms with E-state index >= 15 is 0 Å². The van der Waals surface area contributed by atoms with Gasteiger partial charge in [0.05, 0.1) is 14.2 Å². The first kappa shape index (κ1) is 14.6. The van der Waals surface area contributed by atoms with Gasteiger partial charge in [-0.3, -0.25) is 4.90 Å². The smallest absolute Gasteiger partial charge is 0.161 e. The standard InChI is InChI=1S/C14H21BrN2O2/c1-18-13-5-11(12(15)6-14(13)19-2)9-17-4-3-10(7-16)8-17/h5-6,10H,3-4,7-9,16H2,1-2H3.